The quantitative estimate of drug-likeness (QED) is 0.653. The van der Waals surface area contributed by atoms with Crippen molar-refractivity contribution in [3.8, 4) is 5.69 Å². The van der Waals surface area contributed by atoms with E-state index in [-0.39, 0.29) is 5.84 Å². The number of halogens is 1. The molecule has 0 saturated heterocycles. The second-order valence-electron chi connectivity index (χ2n) is 3.54. The van der Waals surface area contributed by atoms with E-state index < -0.39 is 0 Å². The van der Waals surface area contributed by atoms with E-state index >= 15 is 0 Å². The van der Waals surface area contributed by atoms with Gasteiger partial charge in [-0.05, 0) is 30.7 Å². The maximum absolute atomic E-state index is 7.52. The zero-order valence-corrected chi connectivity index (χ0v) is 10.3. The van der Waals surface area contributed by atoms with Crippen molar-refractivity contribution in [3.63, 3.8) is 0 Å². The monoisotopic (exact) mass is 278 g/mol. The van der Waals surface area contributed by atoms with Gasteiger partial charge in [-0.3, -0.25) is 5.41 Å². The Morgan fingerprint density at radius 2 is 2.25 bits per heavy atom. The Balaban J connectivity index is 2.62. The van der Waals surface area contributed by atoms with Gasteiger partial charge in [0, 0.05) is 16.2 Å². The Bertz CT molecular complexity index is 545. The van der Waals surface area contributed by atoms with Crippen LogP contribution in [0.2, 0.25) is 0 Å². The number of aryl methyl sites for hydroxylation is 1. The molecule has 2 rings (SSSR count). The molecule has 2 aromatic rings. The van der Waals surface area contributed by atoms with Crippen LogP contribution >= 0.6 is 15.9 Å². The molecule has 0 saturated carbocycles. The summed E-state index contributed by atoms with van der Waals surface area (Å²) in [6.45, 7) is 1.97. The highest BCUT2D eigenvalue weighted by Gasteiger charge is 2.08. The Labute approximate surface area is 102 Å². The Morgan fingerprint density at radius 3 is 2.81 bits per heavy atom. The number of nitrogens with two attached hydrogens (primary N) is 1. The van der Waals surface area contributed by atoms with Crippen molar-refractivity contribution in [2.75, 3.05) is 0 Å². The van der Waals surface area contributed by atoms with E-state index in [1.54, 1.807) is 16.9 Å². The summed E-state index contributed by atoms with van der Waals surface area (Å²) < 4.78 is 2.65. The summed E-state index contributed by atoms with van der Waals surface area (Å²) in [5.74, 6) is 0.0376. The van der Waals surface area contributed by atoms with Crippen molar-refractivity contribution in [1.29, 1.82) is 5.41 Å². The first-order chi connectivity index (χ1) is 7.58. The van der Waals surface area contributed by atoms with Crippen LogP contribution in [0.15, 0.2) is 35.1 Å². The standard InChI is InChI=1S/C11H11BrN4/c1-7-5-15-16(6-7)10-4-8(12)2-3-9(10)11(13)14/h2-6H,1H3,(H3,13,14). The zero-order valence-electron chi connectivity index (χ0n) is 8.74. The van der Waals surface area contributed by atoms with E-state index in [9.17, 15) is 0 Å². The topological polar surface area (TPSA) is 67.7 Å². The number of hydrogen-bond donors (Lipinski definition) is 2. The molecular weight excluding hydrogens is 268 g/mol. The maximum atomic E-state index is 7.52. The average molecular weight is 279 g/mol. The van der Waals surface area contributed by atoms with Crippen LogP contribution in [-0.2, 0) is 0 Å². The van der Waals surface area contributed by atoms with Gasteiger partial charge in [0.2, 0.25) is 0 Å². The van der Waals surface area contributed by atoms with Crippen LogP contribution in [0.1, 0.15) is 11.1 Å². The van der Waals surface area contributed by atoms with Crippen LogP contribution in [0.5, 0.6) is 0 Å². The van der Waals surface area contributed by atoms with Crippen LogP contribution in [0.25, 0.3) is 5.69 Å². The summed E-state index contributed by atoms with van der Waals surface area (Å²) in [6.07, 6.45) is 3.67. The fraction of sp³-hybridized carbons (Fsp3) is 0.0909. The van der Waals surface area contributed by atoms with Crippen molar-refractivity contribution in [1.82, 2.24) is 9.78 Å². The number of aromatic nitrogens is 2. The first-order valence-electron chi connectivity index (χ1n) is 4.73. The predicted octanol–water partition coefficient (Wildman–Crippen LogP) is 2.23. The second kappa shape index (κ2) is 4.09. The molecule has 4 nitrogen and oxygen atoms in total. The van der Waals surface area contributed by atoms with Crippen molar-refractivity contribution in [2.24, 2.45) is 5.73 Å². The van der Waals surface area contributed by atoms with Crippen molar-refractivity contribution >= 4 is 21.8 Å². The van der Waals surface area contributed by atoms with Gasteiger partial charge >= 0.3 is 0 Å². The molecule has 0 aliphatic heterocycles. The minimum Gasteiger partial charge on any atom is -0.384 e. The molecule has 5 heteroatoms. The first kappa shape index (κ1) is 10.9. The summed E-state index contributed by atoms with van der Waals surface area (Å²) in [7, 11) is 0. The SMILES string of the molecule is Cc1cnn(-c2cc(Br)ccc2C(=N)N)c1. The molecular formula is C11H11BrN4. The Hall–Kier alpha value is -1.62. The largest absolute Gasteiger partial charge is 0.384 e. The summed E-state index contributed by atoms with van der Waals surface area (Å²) >= 11 is 3.40. The van der Waals surface area contributed by atoms with Gasteiger partial charge in [-0.25, -0.2) is 4.68 Å². The molecule has 0 fully saturated rings. The molecule has 0 radical (unpaired) electrons. The molecule has 0 spiro atoms. The number of nitrogen functional groups attached to an aromatic ring is 1. The van der Waals surface area contributed by atoms with Crippen LogP contribution < -0.4 is 5.73 Å². The number of nitrogens with one attached hydrogen (secondary N) is 1. The second-order valence-corrected chi connectivity index (χ2v) is 4.45. The van der Waals surface area contributed by atoms with E-state index in [1.165, 1.54) is 0 Å². The van der Waals surface area contributed by atoms with E-state index in [4.69, 9.17) is 11.1 Å². The summed E-state index contributed by atoms with van der Waals surface area (Å²) in [5.41, 5.74) is 8.07. The molecule has 0 amide bonds. The minimum absolute atomic E-state index is 0.0376. The summed E-state index contributed by atoms with van der Waals surface area (Å²) in [5, 5.41) is 11.7. The number of benzene rings is 1. The average Bonchev–Trinajstić information content (AvgIpc) is 2.64. The van der Waals surface area contributed by atoms with Gasteiger partial charge < -0.3 is 5.73 Å². The van der Waals surface area contributed by atoms with Gasteiger partial charge in [-0.2, -0.15) is 5.10 Å². The fourth-order valence-corrected chi connectivity index (χ4v) is 1.82. The van der Waals surface area contributed by atoms with Crippen LogP contribution in [-0.4, -0.2) is 15.6 Å². The third kappa shape index (κ3) is 1.99. The Morgan fingerprint density at radius 1 is 1.50 bits per heavy atom. The molecule has 0 unspecified atom stereocenters. The third-order valence-corrected chi connectivity index (χ3v) is 2.70. The molecule has 0 atom stereocenters. The number of rotatable bonds is 2. The molecule has 1 aromatic heterocycles. The lowest BCUT2D eigenvalue weighted by Gasteiger charge is -2.08. The van der Waals surface area contributed by atoms with Crippen molar-refractivity contribution in [2.45, 2.75) is 6.92 Å². The molecule has 3 N–H and O–H groups in total. The highest BCUT2D eigenvalue weighted by molar-refractivity contribution is 9.10. The van der Waals surface area contributed by atoms with E-state index in [0.29, 0.717) is 5.56 Å². The van der Waals surface area contributed by atoms with E-state index in [2.05, 4.69) is 21.0 Å². The first-order valence-corrected chi connectivity index (χ1v) is 5.53. The van der Waals surface area contributed by atoms with E-state index in [1.807, 2.05) is 25.3 Å². The molecule has 0 aliphatic rings. The molecule has 16 heavy (non-hydrogen) atoms. The summed E-state index contributed by atoms with van der Waals surface area (Å²) in [4.78, 5) is 0. The third-order valence-electron chi connectivity index (χ3n) is 2.21. The lowest BCUT2D eigenvalue weighted by Crippen LogP contribution is -2.14. The number of nitrogens with zero attached hydrogens (tertiary/aromatic N) is 2. The molecule has 1 heterocycles. The maximum Gasteiger partial charge on any atom is 0.124 e. The number of amidine groups is 1. The minimum atomic E-state index is 0.0376. The van der Waals surface area contributed by atoms with Crippen LogP contribution in [0.4, 0.5) is 0 Å². The van der Waals surface area contributed by atoms with Crippen LogP contribution in [0, 0.1) is 12.3 Å². The van der Waals surface area contributed by atoms with Gasteiger partial charge in [0.1, 0.15) is 5.84 Å². The molecule has 1 aromatic carbocycles. The van der Waals surface area contributed by atoms with Gasteiger partial charge in [-0.1, -0.05) is 15.9 Å². The fourth-order valence-electron chi connectivity index (χ4n) is 1.47. The van der Waals surface area contributed by atoms with Gasteiger partial charge in [0.05, 0.1) is 11.9 Å². The van der Waals surface area contributed by atoms with Crippen molar-refractivity contribution < 1.29 is 0 Å². The van der Waals surface area contributed by atoms with Gasteiger partial charge in [0.25, 0.3) is 0 Å². The molecule has 82 valence electrons. The lowest BCUT2D eigenvalue weighted by molar-refractivity contribution is 0.877. The molecule has 0 aliphatic carbocycles. The summed E-state index contributed by atoms with van der Waals surface area (Å²) in [6, 6.07) is 5.55. The Kier molecular flexibility index (Phi) is 2.78. The predicted molar refractivity (Wildman–Crippen MR) is 67.0 cm³/mol. The molecule has 0 bridgehead atoms. The highest BCUT2D eigenvalue weighted by Crippen LogP contribution is 2.20. The highest BCUT2D eigenvalue weighted by atomic mass is 79.9. The zero-order chi connectivity index (χ0) is 11.7. The van der Waals surface area contributed by atoms with Gasteiger partial charge in [0.15, 0.2) is 0 Å². The van der Waals surface area contributed by atoms with Crippen molar-refractivity contribution in [3.05, 3.63) is 46.2 Å². The van der Waals surface area contributed by atoms with E-state index in [0.717, 1.165) is 15.7 Å². The van der Waals surface area contributed by atoms with Crippen LogP contribution in [0.3, 0.4) is 0 Å². The lowest BCUT2D eigenvalue weighted by atomic mass is 10.1. The van der Waals surface area contributed by atoms with Gasteiger partial charge in [-0.15, -0.1) is 0 Å². The number of hydrogen-bond acceptors (Lipinski definition) is 2. The normalized spacial score (nSPS) is 10.4. The smallest absolute Gasteiger partial charge is 0.124 e.